The van der Waals surface area contributed by atoms with Crippen molar-refractivity contribution in [1.82, 2.24) is 0 Å². The van der Waals surface area contributed by atoms with Crippen LogP contribution in [0.1, 0.15) is 19.3 Å². The van der Waals surface area contributed by atoms with Crippen molar-refractivity contribution in [3.05, 3.63) is 23.2 Å². The smallest absolute Gasteiger partial charge is 0.199 e. The Balaban J connectivity index is 2.00. The fourth-order valence-electron chi connectivity index (χ4n) is 1.55. The molecular weight excluding hydrogens is 214 g/mol. The van der Waals surface area contributed by atoms with E-state index in [1.165, 1.54) is 0 Å². The third kappa shape index (κ3) is 2.76. The van der Waals surface area contributed by atoms with Crippen molar-refractivity contribution in [1.29, 1.82) is 0 Å². The van der Waals surface area contributed by atoms with Gasteiger partial charge < -0.3 is 15.2 Å². The van der Waals surface area contributed by atoms with E-state index in [-0.39, 0.29) is 6.29 Å². The molecule has 2 N–H and O–H groups in total. The quantitative estimate of drug-likeness (QED) is 0.791. The van der Waals surface area contributed by atoms with E-state index in [0.29, 0.717) is 16.5 Å². The van der Waals surface area contributed by atoms with Gasteiger partial charge in [-0.25, -0.2) is 0 Å². The lowest BCUT2D eigenvalue weighted by atomic mass is 10.2. The van der Waals surface area contributed by atoms with E-state index >= 15 is 0 Å². The molecule has 2 rings (SSSR count). The highest BCUT2D eigenvalue weighted by molar-refractivity contribution is 6.33. The minimum absolute atomic E-state index is 0.140. The van der Waals surface area contributed by atoms with Crippen LogP contribution in [-0.4, -0.2) is 12.9 Å². The fourth-order valence-corrected chi connectivity index (χ4v) is 1.67. The monoisotopic (exact) mass is 227 g/mol. The molecule has 1 aliphatic heterocycles. The van der Waals surface area contributed by atoms with Crippen molar-refractivity contribution in [3.8, 4) is 5.75 Å². The molecule has 3 nitrogen and oxygen atoms in total. The van der Waals surface area contributed by atoms with Crippen molar-refractivity contribution in [2.45, 2.75) is 25.6 Å². The summed E-state index contributed by atoms with van der Waals surface area (Å²) in [6.45, 7) is 0.772. The summed E-state index contributed by atoms with van der Waals surface area (Å²) >= 11 is 5.81. The van der Waals surface area contributed by atoms with Crippen LogP contribution in [0.15, 0.2) is 18.2 Å². The molecule has 1 aliphatic rings. The minimum atomic E-state index is -0.140. The second-order valence-electron chi connectivity index (χ2n) is 3.60. The van der Waals surface area contributed by atoms with Crippen molar-refractivity contribution < 1.29 is 9.47 Å². The second-order valence-corrected chi connectivity index (χ2v) is 4.00. The van der Waals surface area contributed by atoms with Gasteiger partial charge in [0, 0.05) is 12.5 Å². The van der Waals surface area contributed by atoms with Crippen LogP contribution in [0.2, 0.25) is 5.02 Å². The SMILES string of the molecule is Nc1cc(OC2CCCCO2)ccc1Cl. The van der Waals surface area contributed by atoms with Gasteiger partial charge in [0.2, 0.25) is 0 Å². The van der Waals surface area contributed by atoms with Gasteiger partial charge in [0.1, 0.15) is 5.75 Å². The summed E-state index contributed by atoms with van der Waals surface area (Å²) in [4.78, 5) is 0. The second kappa shape index (κ2) is 4.73. The Labute approximate surface area is 94.1 Å². The van der Waals surface area contributed by atoms with E-state index in [1.54, 1.807) is 18.2 Å². The van der Waals surface area contributed by atoms with Crippen molar-refractivity contribution in [3.63, 3.8) is 0 Å². The molecule has 4 heteroatoms. The molecule has 1 atom stereocenters. The number of nitrogen functional groups attached to an aromatic ring is 1. The first kappa shape index (κ1) is 10.6. The summed E-state index contributed by atoms with van der Waals surface area (Å²) in [5, 5.41) is 0.548. The van der Waals surface area contributed by atoms with Crippen LogP contribution in [0.4, 0.5) is 5.69 Å². The van der Waals surface area contributed by atoms with E-state index in [0.717, 1.165) is 25.9 Å². The lowest BCUT2D eigenvalue weighted by Gasteiger charge is -2.23. The molecule has 0 radical (unpaired) electrons. The molecule has 0 saturated carbocycles. The van der Waals surface area contributed by atoms with Crippen LogP contribution in [0.25, 0.3) is 0 Å². The predicted molar refractivity (Wildman–Crippen MR) is 60.1 cm³/mol. The van der Waals surface area contributed by atoms with Gasteiger partial charge in [-0.1, -0.05) is 11.6 Å². The van der Waals surface area contributed by atoms with E-state index in [4.69, 9.17) is 26.8 Å². The van der Waals surface area contributed by atoms with Gasteiger partial charge in [-0.2, -0.15) is 0 Å². The van der Waals surface area contributed by atoms with Crippen LogP contribution >= 0.6 is 11.6 Å². The Bertz CT molecular complexity index is 337. The molecule has 0 spiro atoms. The number of hydrogen-bond donors (Lipinski definition) is 1. The van der Waals surface area contributed by atoms with Gasteiger partial charge in [-0.15, -0.1) is 0 Å². The lowest BCUT2D eigenvalue weighted by Crippen LogP contribution is -2.24. The topological polar surface area (TPSA) is 44.5 Å². The van der Waals surface area contributed by atoms with Crippen LogP contribution in [0.3, 0.4) is 0 Å². The average molecular weight is 228 g/mol. The van der Waals surface area contributed by atoms with Gasteiger partial charge in [-0.3, -0.25) is 0 Å². The molecule has 1 saturated heterocycles. The molecule has 1 aromatic carbocycles. The summed E-state index contributed by atoms with van der Waals surface area (Å²) in [5.41, 5.74) is 6.21. The molecule has 0 amide bonds. The largest absolute Gasteiger partial charge is 0.465 e. The van der Waals surface area contributed by atoms with Gasteiger partial charge >= 0.3 is 0 Å². The highest BCUT2D eigenvalue weighted by Gasteiger charge is 2.15. The number of ether oxygens (including phenoxy) is 2. The zero-order chi connectivity index (χ0) is 10.7. The third-order valence-corrected chi connectivity index (χ3v) is 2.72. The first-order chi connectivity index (χ1) is 7.25. The van der Waals surface area contributed by atoms with Crippen LogP contribution in [0.5, 0.6) is 5.75 Å². The van der Waals surface area contributed by atoms with E-state index in [2.05, 4.69) is 0 Å². The molecular formula is C11H14ClNO2. The predicted octanol–water partition coefficient (Wildman–Crippen LogP) is 2.83. The molecule has 82 valence electrons. The summed E-state index contributed by atoms with van der Waals surface area (Å²) in [7, 11) is 0. The number of nitrogens with two attached hydrogens (primary N) is 1. The van der Waals surface area contributed by atoms with Gasteiger partial charge in [0.05, 0.1) is 17.3 Å². The molecule has 1 heterocycles. The Morgan fingerprint density at radius 1 is 1.40 bits per heavy atom. The van der Waals surface area contributed by atoms with Gasteiger partial charge in [-0.05, 0) is 25.0 Å². The normalized spacial score (nSPS) is 21.3. The molecule has 0 aromatic heterocycles. The highest BCUT2D eigenvalue weighted by atomic mass is 35.5. The number of hydrogen-bond acceptors (Lipinski definition) is 3. The summed E-state index contributed by atoms with van der Waals surface area (Å²) in [6, 6.07) is 5.26. The maximum atomic E-state index is 5.81. The minimum Gasteiger partial charge on any atom is -0.465 e. The summed E-state index contributed by atoms with van der Waals surface area (Å²) in [6.07, 6.45) is 3.05. The van der Waals surface area contributed by atoms with Crippen LogP contribution in [0, 0.1) is 0 Å². The average Bonchev–Trinajstić information content (AvgIpc) is 2.25. The number of halogens is 1. The van der Waals surface area contributed by atoms with E-state index in [9.17, 15) is 0 Å². The zero-order valence-electron chi connectivity index (χ0n) is 8.41. The Morgan fingerprint density at radius 3 is 2.93 bits per heavy atom. The fraction of sp³-hybridized carbons (Fsp3) is 0.455. The maximum absolute atomic E-state index is 5.81. The van der Waals surface area contributed by atoms with Crippen LogP contribution < -0.4 is 10.5 Å². The van der Waals surface area contributed by atoms with Crippen LogP contribution in [-0.2, 0) is 4.74 Å². The maximum Gasteiger partial charge on any atom is 0.199 e. The zero-order valence-corrected chi connectivity index (χ0v) is 9.17. The third-order valence-electron chi connectivity index (χ3n) is 2.37. The molecule has 1 aromatic rings. The number of rotatable bonds is 2. The molecule has 1 fully saturated rings. The van der Waals surface area contributed by atoms with E-state index in [1.807, 2.05) is 0 Å². The highest BCUT2D eigenvalue weighted by Crippen LogP contribution is 2.26. The Hall–Kier alpha value is -0.930. The molecule has 15 heavy (non-hydrogen) atoms. The van der Waals surface area contributed by atoms with Gasteiger partial charge in [0.25, 0.3) is 0 Å². The van der Waals surface area contributed by atoms with Gasteiger partial charge in [0.15, 0.2) is 6.29 Å². The summed E-state index contributed by atoms with van der Waals surface area (Å²) < 4.78 is 11.1. The Kier molecular flexibility index (Phi) is 3.34. The molecule has 1 unspecified atom stereocenters. The standard InChI is InChI=1S/C11H14ClNO2/c12-9-5-4-8(7-10(9)13)15-11-3-1-2-6-14-11/h4-5,7,11H,1-3,6,13H2. The molecule has 0 bridgehead atoms. The summed E-state index contributed by atoms with van der Waals surface area (Å²) in [5.74, 6) is 0.712. The lowest BCUT2D eigenvalue weighted by molar-refractivity contribution is -0.105. The Morgan fingerprint density at radius 2 is 2.27 bits per heavy atom. The van der Waals surface area contributed by atoms with Crippen molar-refractivity contribution in [2.75, 3.05) is 12.3 Å². The van der Waals surface area contributed by atoms with E-state index < -0.39 is 0 Å². The first-order valence-electron chi connectivity index (χ1n) is 5.09. The first-order valence-corrected chi connectivity index (χ1v) is 5.47. The van der Waals surface area contributed by atoms with Crippen molar-refractivity contribution in [2.24, 2.45) is 0 Å². The number of anilines is 1. The van der Waals surface area contributed by atoms with Crippen molar-refractivity contribution >= 4 is 17.3 Å². The molecule has 0 aliphatic carbocycles. The number of benzene rings is 1.